The van der Waals surface area contributed by atoms with E-state index in [2.05, 4.69) is 30.7 Å². The third kappa shape index (κ3) is 2.74. The highest BCUT2D eigenvalue weighted by Crippen LogP contribution is 2.20. The second-order valence-corrected chi connectivity index (χ2v) is 5.75. The zero-order chi connectivity index (χ0) is 13.2. The largest absolute Gasteiger partial charge is 0.464 e. The van der Waals surface area contributed by atoms with Gasteiger partial charge in [0.2, 0.25) is 0 Å². The van der Waals surface area contributed by atoms with Crippen LogP contribution in [0.3, 0.4) is 0 Å². The standard InChI is InChI=1S/C13H16BrN3O2/c14-10-1-2-12(15-9-10)17-6-4-16(5-7-17)11-3-8-19-13(11)18/h1-2,9,11H,3-8H2/t11-/m0/s1. The third-order valence-electron chi connectivity index (χ3n) is 3.70. The minimum atomic E-state index is -0.0600. The van der Waals surface area contributed by atoms with E-state index in [4.69, 9.17) is 4.74 Å². The first kappa shape index (κ1) is 12.9. The van der Waals surface area contributed by atoms with Gasteiger partial charge in [0.15, 0.2) is 0 Å². The predicted molar refractivity (Wildman–Crippen MR) is 75.1 cm³/mol. The molecule has 0 unspecified atom stereocenters. The van der Waals surface area contributed by atoms with Crippen molar-refractivity contribution in [3.63, 3.8) is 0 Å². The third-order valence-corrected chi connectivity index (χ3v) is 4.17. The van der Waals surface area contributed by atoms with Crippen LogP contribution in [0.15, 0.2) is 22.8 Å². The SMILES string of the molecule is O=C1OCC[C@@H]1N1CCN(c2ccc(Br)cn2)CC1. The Morgan fingerprint density at radius 2 is 2.05 bits per heavy atom. The molecule has 0 aromatic carbocycles. The number of carbonyl (C=O) groups excluding carboxylic acids is 1. The number of hydrogen-bond donors (Lipinski definition) is 0. The Balaban J connectivity index is 1.60. The van der Waals surface area contributed by atoms with Crippen LogP contribution >= 0.6 is 15.9 Å². The first-order chi connectivity index (χ1) is 9.24. The van der Waals surface area contributed by atoms with Crippen molar-refractivity contribution in [2.45, 2.75) is 12.5 Å². The highest BCUT2D eigenvalue weighted by molar-refractivity contribution is 9.10. The van der Waals surface area contributed by atoms with Crippen LogP contribution in [0.2, 0.25) is 0 Å². The Bertz CT molecular complexity index is 457. The highest BCUT2D eigenvalue weighted by Gasteiger charge is 2.34. The Kier molecular flexibility index (Phi) is 3.70. The van der Waals surface area contributed by atoms with Gasteiger partial charge < -0.3 is 9.64 Å². The molecule has 0 bridgehead atoms. The summed E-state index contributed by atoms with van der Waals surface area (Å²) in [5.74, 6) is 0.937. The van der Waals surface area contributed by atoms with Gasteiger partial charge in [-0.15, -0.1) is 0 Å². The molecule has 0 saturated carbocycles. The minimum Gasteiger partial charge on any atom is -0.464 e. The molecule has 0 N–H and O–H groups in total. The van der Waals surface area contributed by atoms with Gasteiger partial charge in [0.25, 0.3) is 0 Å². The zero-order valence-corrected chi connectivity index (χ0v) is 12.2. The molecule has 2 aliphatic heterocycles. The summed E-state index contributed by atoms with van der Waals surface area (Å²) < 4.78 is 6.02. The van der Waals surface area contributed by atoms with E-state index in [-0.39, 0.29) is 12.0 Å². The van der Waals surface area contributed by atoms with E-state index < -0.39 is 0 Å². The molecule has 2 saturated heterocycles. The van der Waals surface area contributed by atoms with Crippen molar-refractivity contribution in [2.24, 2.45) is 0 Å². The van der Waals surface area contributed by atoms with E-state index in [1.165, 1.54) is 0 Å². The van der Waals surface area contributed by atoms with Crippen LogP contribution in [0, 0.1) is 0 Å². The first-order valence-corrected chi connectivity index (χ1v) is 7.30. The zero-order valence-electron chi connectivity index (χ0n) is 10.6. The summed E-state index contributed by atoms with van der Waals surface area (Å²) in [5, 5.41) is 0. The summed E-state index contributed by atoms with van der Waals surface area (Å²) in [6.07, 6.45) is 2.64. The molecule has 3 rings (SSSR count). The number of rotatable bonds is 2. The lowest BCUT2D eigenvalue weighted by atomic mass is 10.2. The van der Waals surface area contributed by atoms with Gasteiger partial charge in [0.05, 0.1) is 6.61 Å². The minimum absolute atomic E-state index is 0.0278. The fourth-order valence-electron chi connectivity index (χ4n) is 2.63. The first-order valence-electron chi connectivity index (χ1n) is 6.51. The second-order valence-electron chi connectivity index (χ2n) is 4.83. The number of piperazine rings is 1. The summed E-state index contributed by atoms with van der Waals surface area (Å²) in [6.45, 7) is 4.14. The van der Waals surface area contributed by atoms with Gasteiger partial charge in [0, 0.05) is 43.3 Å². The van der Waals surface area contributed by atoms with Crippen LogP contribution in [-0.4, -0.2) is 54.7 Å². The lowest BCUT2D eigenvalue weighted by molar-refractivity contribution is -0.142. The van der Waals surface area contributed by atoms with E-state index in [9.17, 15) is 4.79 Å². The smallest absolute Gasteiger partial charge is 0.323 e. The number of carbonyl (C=O) groups is 1. The van der Waals surface area contributed by atoms with Crippen molar-refractivity contribution in [1.29, 1.82) is 0 Å². The highest BCUT2D eigenvalue weighted by atomic mass is 79.9. The van der Waals surface area contributed by atoms with Gasteiger partial charge >= 0.3 is 5.97 Å². The predicted octanol–water partition coefficient (Wildman–Crippen LogP) is 1.28. The molecule has 2 fully saturated rings. The van der Waals surface area contributed by atoms with Crippen LogP contribution in [0.1, 0.15) is 6.42 Å². The Hall–Kier alpha value is -1.14. The Labute approximate surface area is 120 Å². The van der Waals surface area contributed by atoms with Crippen LogP contribution < -0.4 is 4.90 Å². The molecule has 1 atom stereocenters. The molecule has 2 aliphatic rings. The van der Waals surface area contributed by atoms with Crippen molar-refractivity contribution < 1.29 is 9.53 Å². The topological polar surface area (TPSA) is 45.7 Å². The Morgan fingerprint density at radius 1 is 1.26 bits per heavy atom. The van der Waals surface area contributed by atoms with Gasteiger partial charge in [-0.25, -0.2) is 4.98 Å². The number of aromatic nitrogens is 1. The molecular weight excluding hydrogens is 310 g/mol. The van der Waals surface area contributed by atoms with Gasteiger partial charge in [-0.3, -0.25) is 9.69 Å². The van der Waals surface area contributed by atoms with E-state index in [1.807, 2.05) is 18.3 Å². The summed E-state index contributed by atoms with van der Waals surface area (Å²) >= 11 is 3.39. The molecule has 19 heavy (non-hydrogen) atoms. The van der Waals surface area contributed by atoms with Gasteiger partial charge in [-0.05, 0) is 28.1 Å². The Morgan fingerprint density at radius 3 is 2.63 bits per heavy atom. The number of cyclic esters (lactones) is 1. The number of halogens is 1. The number of hydrogen-bond acceptors (Lipinski definition) is 5. The van der Waals surface area contributed by atoms with Gasteiger partial charge in [-0.1, -0.05) is 0 Å². The molecule has 0 spiro atoms. The van der Waals surface area contributed by atoms with E-state index >= 15 is 0 Å². The maximum Gasteiger partial charge on any atom is 0.323 e. The van der Waals surface area contributed by atoms with Crippen LogP contribution in [0.5, 0.6) is 0 Å². The van der Waals surface area contributed by atoms with Crippen molar-refractivity contribution in [3.8, 4) is 0 Å². The number of ether oxygens (including phenoxy) is 1. The molecular formula is C13H16BrN3O2. The van der Waals surface area contributed by atoms with E-state index in [0.29, 0.717) is 6.61 Å². The molecule has 1 aromatic rings. The molecule has 0 radical (unpaired) electrons. The van der Waals surface area contributed by atoms with Crippen LogP contribution in [0.25, 0.3) is 0 Å². The average molecular weight is 326 g/mol. The van der Waals surface area contributed by atoms with Crippen molar-refractivity contribution in [2.75, 3.05) is 37.7 Å². The lowest BCUT2D eigenvalue weighted by Crippen LogP contribution is -2.51. The number of pyridine rings is 1. The monoisotopic (exact) mass is 325 g/mol. The number of anilines is 1. The summed E-state index contributed by atoms with van der Waals surface area (Å²) in [5.41, 5.74) is 0. The normalized spacial score (nSPS) is 24.6. The molecule has 0 aliphatic carbocycles. The van der Waals surface area contributed by atoms with E-state index in [0.717, 1.165) is 42.9 Å². The fourth-order valence-corrected chi connectivity index (χ4v) is 2.87. The van der Waals surface area contributed by atoms with Gasteiger partial charge in [0.1, 0.15) is 11.9 Å². The summed E-state index contributed by atoms with van der Waals surface area (Å²) in [4.78, 5) is 20.5. The van der Waals surface area contributed by atoms with Crippen molar-refractivity contribution in [3.05, 3.63) is 22.8 Å². The van der Waals surface area contributed by atoms with E-state index in [1.54, 1.807) is 0 Å². The fraction of sp³-hybridized carbons (Fsp3) is 0.538. The second kappa shape index (κ2) is 5.46. The van der Waals surface area contributed by atoms with Crippen molar-refractivity contribution in [1.82, 2.24) is 9.88 Å². The van der Waals surface area contributed by atoms with Gasteiger partial charge in [-0.2, -0.15) is 0 Å². The molecule has 1 aromatic heterocycles. The maximum atomic E-state index is 11.6. The summed E-state index contributed by atoms with van der Waals surface area (Å²) in [6, 6.07) is 3.99. The quantitative estimate of drug-likeness (QED) is 0.766. The van der Waals surface area contributed by atoms with Crippen LogP contribution in [0.4, 0.5) is 5.82 Å². The molecule has 0 amide bonds. The molecule has 6 heteroatoms. The number of esters is 1. The summed E-state index contributed by atoms with van der Waals surface area (Å²) in [7, 11) is 0. The van der Waals surface area contributed by atoms with Crippen LogP contribution in [-0.2, 0) is 9.53 Å². The lowest BCUT2D eigenvalue weighted by Gasteiger charge is -2.37. The average Bonchev–Trinajstić information content (AvgIpc) is 2.86. The maximum absolute atomic E-state index is 11.6. The molecule has 3 heterocycles. The van der Waals surface area contributed by atoms with Crippen molar-refractivity contribution >= 4 is 27.7 Å². The number of nitrogens with zero attached hydrogens (tertiary/aromatic N) is 3. The molecule has 102 valence electrons. The molecule has 5 nitrogen and oxygen atoms in total.